The maximum Gasteiger partial charge on any atom is 0.101 e. The third-order valence-electron chi connectivity index (χ3n) is 5.97. The molecule has 2 heteroatoms. The van der Waals surface area contributed by atoms with Gasteiger partial charge in [0.15, 0.2) is 0 Å². The summed E-state index contributed by atoms with van der Waals surface area (Å²) in [6, 6.07) is 10.9. The van der Waals surface area contributed by atoms with Crippen LogP contribution in [-0.4, -0.2) is 22.5 Å². The molecule has 0 aliphatic carbocycles. The summed E-state index contributed by atoms with van der Waals surface area (Å²) in [5.74, 6) is 0. The van der Waals surface area contributed by atoms with E-state index >= 15 is 0 Å². The van der Waals surface area contributed by atoms with Crippen LogP contribution in [0.4, 0.5) is 0 Å². The Bertz CT molecular complexity index is 510. The normalized spacial score (nSPS) is 16.3. The fourth-order valence-electron chi connectivity index (χ4n) is 4.32. The van der Waals surface area contributed by atoms with E-state index in [0.29, 0.717) is 6.17 Å². The largest absolute Gasteiger partial charge is 0.356 e. The van der Waals surface area contributed by atoms with Crippen LogP contribution in [0.3, 0.4) is 0 Å². The minimum atomic E-state index is 0.554. The van der Waals surface area contributed by atoms with Gasteiger partial charge in [0.25, 0.3) is 0 Å². The summed E-state index contributed by atoms with van der Waals surface area (Å²) in [5, 5.41) is 0. The van der Waals surface area contributed by atoms with E-state index in [2.05, 4.69) is 66.4 Å². The van der Waals surface area contributed by atoms with Crippen LogP contribution in [0.2, 0.25) is 0 Å². The Labute approximate surface area is 175 Å². The molecule has 0 aromatic heterocycles. The second kappa shape index (κ2) is 14.5. The second-order valence-corrected chi connectivity index (χ2v) is 8.50. The van der Waals surface area contributed by atoms with E-state index in [1.807, 2.05) is 0 Å². The van der Waals surface area contributed by atoms with Crippen LogP contribution in [0.25, 0.3) is 0 Å². The number of nitrogens with zero attached hydrogens (tertiary/aromatic N) is 2. The molecule has 0 bridgehead atoms. The van der Waals surface area contributed by atoms with E-state index in [9.17, 15) is 0 Å². The van der Waals surface area contributed by atoms with Gasteiger partial charge in [-0.2, -0.15) is 0 Å². The van der Waals surface area contributed by atoms with Gasteiger partial charge in [-0.05, 0) is 24.8 Å². The van der Waals surface area contributed by atoms with Crippen molar-refractivity contribution < 1.29 is 0 Å². The minimum Gasteiger partial charge on any atom is -0.356 e. The van der Waals surface area contributed by atoms with Crippen molar-refractivity contribution in [1.82, 2.24) is 9.80 Å². The first-order valence-corrected chi connectivity index (χ1v) is 12.1. The third kappa shape index (κ3) is 8.71. The molecule has 1 atom stereocenters. The predicted molar refractivity (Wildman–Crippen MR) is 123 cm³/mol. The molecule has 1 unspecified atom stereocenters. The molecule has 158 valence electrons. The topological polar surface area (TPSA) is 6.48 Å². The first-order chi connectivity index (χ1) is 13.8. The van der Waals surface area contributed by atoms with Gasteiger partial charge in [0.1, 0.15) is 6.17 Å². The van der Waals surface area contributed by atoms with Crippen molar-refractivity contribution in [1.29, 1.82) is 0 Å². The molecule has 1 aromatic rings. The SMILES string of the molecule is CCCCCCCCCCCCCC1N(CCC)C=CN1Cc1ccccc1. The van der Waals surface area contributed by atoms with Crippen LogP contribution in [0.15, 0.2) is 42.7 Å². The van der Waals surface area contributed by atoms with Crippen LogP contribution in [0.1, 0.15) is 103 Å². The summed E-state index contributed by atoms with van der Waals surface area (Å²) in [5.41, 5.74) is 1.41. The van der Waals surface area contributed by atoms with E-state index in [-0.39, 0.29) is 0 Å². The van der Waals surface area contributed by atoms with Crippen LogP contribution >= 0.6 is 0 Å². The molecule has 2 nitrogen and oxygen atoms in total. The zero-order valence-corrected chi connectivity index (χ0v) is 18.6. The van der Waals surface area contributed by atoms with Crippen LogP contribution < -0.4 is 0 Å². The van der Waals surface area contributed by atoms with Gasteiger partial charge in [-0.1, -0.05) is 108 Å². The van der Waals surface area contributed by atoms with Crippen molar-refractivity contribution >= 4 is 0 Å². The van der Waals surface area contributed by atoms with Crippen LogP contribution in [0.5, 0.6) is 0 Å². The molecule has 1 aliphatic rings. The Balaban J connectivity index is 1.61. The van der Waals surface area contributed by atoms with Crippen LogP contribution in [-0.2, 0) is 6.54 Å². The number of hydrogen-bond donors (Lipinski definition) is 0. The highest BCUT2D eigenvalue weighted by Gasteiger charge is 2.25. The van der Waals surface area contributed by atoms with Crippen molar-refractivity contribution in [3.63, 3.8) is 0 Å². The highest BCUT2D eigenvalue weighted by Crippen LogP contribution is 2.24. The first-order valence-electron chi connectivity index (χ1n) is 12.1. The summed E-state index contributed by atoms with van der Waals surface area (Å²) < 4.78 is 0. The Morgan fingerprint density at radius 1 is 0.643 bits per heavy atom. The average Bonchev–Trinajstić information content (AvgIpc) is 3.08. The lowest BCUT2D eigenvalue weighted by Crippen LogP contribution is -2.38. The number of benzene rings is 1. The molecule has 0 N–H and O–H groups in total. The monoisotopic (exact) mass is 384 g/mol. The number of rotatable bonds is 16. The predicted octanol–water partition coefficient (Wildman–Crippen LogP) is 7.71. The van der Waals surface area contributed by atoms with Crippen molar-refractivity contribution in [3.05, 3.63) is 48.3 Å². The molecule has 1 aliphatic heterocycles. The summed E-state index contributed by atoms with van der Waals surface area (Å²) in [6.45, 7) is 6.78. The molecule has 0 saturated carbocycles. The maximum absolute atomic E-state index is 2.55. The molecule has 0 saturated heterocycles. The van der Waals surface area contributed by atoms with E-state index in [1.165, 1.54) is 95.6 Å². The lowest BCUT2D eigenvalue weighted by atomic mass is 10.0. The van der Waals surface area contributed by atoms with Gasteiger partial charge < -0.3 is 9.80 Å². The van der Waals surface area contributed by atoms with Gasteiger partial charge in [0.2, 0.25) is 0 Å². The Morgan fingerprint density at radius 3 is 1.82 bits per heavy atom. The minimum absolute atomic E-state index is 0.554. The summed E-state index contributed by atoms with van der Waals surface area (Å²) in [6.07, 6.45) is 23.3. The molecular weight excluding hydrogens is 340 g/mol. The molecule has 2 rings (SSSR count). The van der Waals surface area contributed by atoms with Crippen molar-refractivity contribution in [2.75, 3.05) is 6.54 Å². The summed E-state index contributed by atoms with van der Waals surface area (Å²) in [4.78, 5) is 5.10. The summed E-state index contributed by atoms with van der Waals surface area (Å²) in [7, 11) is 0. The van der Waals surface area contributed by atoms with Gasteiger partial charge in [-0.25, -0.2) is 0 Å². The average molecular weight is 385 g/mol. The van der Waals surface area contributed by atoms with E-state index in [1.54, 1.807) is 0 Å². The quantitative estimate of drug-likeness (QED) is 0.269. The number of hydrogen-bond acceptors (Lipinski definition) is 2. The Morgan fingerprint density at radius 2 is 1.21 bits per heavy atom. The standard InChI is InChI=1S/C26H44N2/c1-3-5-6-7-8-9-10-11-12-13-17-20-26-27(21-4-2)22-23-28(26)24-25-18-15-14-16-19-25/h14-16,18-19,22-23,26H,3-13,17,20-21,24H2,1-2H3. The second-order valence-electron chi connectivity index (χ2n) is 8.50. The van der Waals surface area contributed by atoms with E-state index < -0.39 is 0 Å². The molecule has 0 radical (unpaired) electrons. The van der Waals surface area contributed by atoms with Crippen molar-refractivity contribution in [2.24, 2.45) is 0 Å². The highest BCUT2D eigenvalue weighted by atomic mass is 15.4. The van der Waals surface area contributed by atoms with Crippen molar-refractivity contribution in [2.45, 2.75) is 110 Å². The fourth-order valence-corrected chi connectivity index (χ4v) is 4.32. The van der Waals surface area contributed by atoms with E-state index in [0.717, 1.165) is 6.54 Å². The smallest absolute Gasteiger partial charge is 0.101 e. The first kappa shape index (κ1) is 22.8. The van der Waals surface area contributed by atoms with Crippen LogP contribution in [0, 0.1) is 0 Å². The van der Waals surface area contributed by atoms with Gasteiger partial charge in [-0.3, -0.25) is 0 Å². The molecule has 0 spiro atoms. The molecule has 1 aromatic carbocycles. The van der Waals surface area contributed by atoms with Crippen molar-refractivity contribution in [3.8, 4) is 0 Å². The highest BCUT2D eigenvalue weighted by molar-refractivity contribution is 5.15. The van der Waals surface area contributed by atoms with Gasteiger partial charge in [0.05, 0.1) is 0 Å². The van der Waals surface area contributed by atoms with Gasteiger partial charge in [0, 0.05) is 25.5 Å². The van der Waals surface area contributed by atoms with E-state index in [4.69, 9.17) is 0 Å². The zero-order valence-electron chi connectivity index (χ0n) is 18.6. The Hall–Kier alpha value is -1.44. The molecular formula is C26H44N2. The molecule has 28 heavy (non-hydrogen) atoms. The zero-order chi connectivity index (χ0) is 19.9. The number of unbranched alkanes of at least 4 members (excludes halogenated alkanes) is 10. The Kier molecular flexibility index (Phi) is 11.9. The molecule has 0 amide bonds. The fraction of sp³-hybridized carbons (Fsp3) is 0.692. The third-order valence-corrected chi connectivity index (χ3v) is 5.97. The maximum atomic E-state index is 2.55. The lowest BCUT2D eigenvalue weighted by Gasteiger charge is -2.33. The van der Waals surface area contributed by atoms with Gasteiger partial charge >= 0.3 is 0 Å². The summed E-state index contributed by atoms with van der Waals surface area (Å²) >= 11 is 0. The van der Waals surface area contributed by atoms with Gasteiger partial charge in [-0.15, -0.1) is 0 Å². The lowest BCUT2D eigenvalue weighted by molar-refractivity contribution is 0.134. The molecule has 0 fully saturated rings. The molecule has 1 heterocycles.